The highest BCUT2D eigenvalue weighted by molar-refractivity contribution is 8.04. The first-order valence-corrected chi connectivity index (χ1v) is 11.4. The van der Waals surface area contributed by atoms with Crippen LogP contribution in [0.3, 0.4) is 0 Å². The number of hydrogen-bond acceptors (Lipinski definition) is 6. The molecule has 0 aromatic heterocycles. The summed E-state index contributed by atoms with van der Waals surface area (Å²) in [6.07, 6.45) is 3.69. The highest BCUT2D eigenvalue weighted by atomic mass is 32.2. The summed E-state index contributed by atoms with van der Waals surface area (Å²) in [5, 5.41) is 4.13. The van der Waals surface area contributed by atoms with Crippen LogP contribution in [0.2, 0.25) is 0 Å². The number of carbonyl (C=O) groups is 3. The van der Waals surface area contributed by atoms with Gasteiger partial charge in [-0.3, -0.25) is 4.79 Å². The lowest BCUT2D eigenvalue weighted by Crippen LogP contribution is -2.56. The molecule has 2 atom stereocenters. The zero-order valence-corrected chi connectivity index (χ0v) is 18.2. The van der Waals surface area contributed by atoms with Crippen molar-refractivity contribution in [3.63, 3.8) is 0 Å². The van der Waals surface area contributed by atoms with E-state index in [1.54, 1.807) is 11.5 Å². The van der Waals surface area contributed by atoms with Crippen LogP contribution in [0.1, 0.15) is 25.3 Å². The Labute approximate surface area is 185 Å². The molecule has 1 fully saturated rings. The molecule has 4 amide bonds. The predicted octanol–water partition coefficient (Wildman–Crippen LogP) is 1.93. The molecule has 1 aromatic rings. The van der Waals surface area contributed by atoms with E-state index >= 15 is 0 Å². The predicted molar refractivity (Wildman–Crippen MR) is 116 cm³/mol. The van der Waals surface area contributed by atoms with E-state index in [1.807, 2.05) is 31.2 Å². The van der Waals surface area contributed by atoms with E-state index in [9.17, 15) is 14.4 Å². The van der Waals surface area contributed by atoms with Gasteiger partial charge in [0, 0.05) is 13.2 Å². The fraction of sp³-hybridized carbons (Fsp3) is 0.455. The number of fused-ring (bicyclic) bond motifs is 1. The van der Waals surface area contributed by atoms with Crippen molar-refractivity contribution in [1.29, 1.82) is 0 Å². The summed E-state index contributed by atoms with van der Waals surface area (Å²) in [4.78, 5) is 39.9. The number of benzene rings is 1. The van der Waals surface area contributed by atoms with Gasteiger partial charge in [-0.15, -0.1) is 11.8 Å². The number of hydrogen-bond donors (Lipinski definition) is 1. The van der Waals surface area contributed by atoms with Crippen LogP contribution in [0, 0.1) is 0 Å². The van der Waals surface area contributed by atoms with Crippen LogP contribution in [0.15, 0.2) is 35.7 Å². The second-order valence-electron chi connectivity index (χ2n) is 7.55. The Hall–Kier alpha value is -2.65. The average molecular weight is 445 g/mol. The number of nitrogens with zero attached hydrogens (tertiary/aromatic N) is 2. The third kappa shape index (κ3) is 4.83. The van der Waals surface area contributed by atoms with Crippen LogP contribution in [-0.2, 0) is 20.9 Å². The highest BCUT2D eigenvalue weighted by Crippen LogP contribution is 2.28. The Bertz CT molecular complexity index is 922. The monoisotopic (exact) mass is 444 g/mol. The van der Waals surface area contributed by atoms with Crippen molar-refractivity contribution < 1.29 is 28.4 Å². The Morgan fingerprint density at radius 2 is 2.13 bits per heavy atom. The van der Waals surface area contributed by atoms with Crippen molar-refractivity contribution in [3.05, 3.63) is 41.3 Å². The van der Waals surface area contributed by atoms with E-state index in [-0.39, 0.29) is 31.0 Å². The second-order valence-corrected chi connectivity index (χ2v) is 8.57. The molecule has 3 aliphatic heterocycles. The minimum atomic E-state index is -0.508. The van der Waals surface area contributed by atoms with E-state index in [0.29, 0.717) is 18.9 Å². The SMILES string of the molecule is CCOc1ccc(CN2C(=O)C3SC=CC3=[N+](CC(=O)NCC3CCCO3)C2=O)cc1. The molecule has 0 spiro atoms. The maximum Gasteiger partial charge on any atom is 0.501 e. The normalized spacial score (nSPS) is 22.8. The summed E-state index contributed by atoms with van der Waals surface area (Å²) < 4.78 is 12.4. The Kier molecular flexibility index (Phi) is 6.72. The summed E-state index contributed by atoms with van der Waals surface area (Å²) in [6, 6.07) is 6.83. The number of nitrogens with one attached hydrogen (secondary N) is 1. The number of amides is 4. The molecule has 8 nitrogen and oxygen atoms in total. The molecular formula is C22H26N3O5S+. The van der Waals surface area contributed by atoms with Gasteiger partial charge in [0.2, 0.25) is 0 Å². The number of imide groups is 1. The molecule has 9 heteroatoms. The van der Waals surface area contributed by atoms with Crippen molar-refractivity contribution in [3.8, 4) is 5.75 Å². The lowest BCUT2D eigenvalue weighted by molar-refractivity contribution is -0.427. The van der Waals surface area contributed by atoms with E-state index in [4.69, 9.17) is 9.47 Å². The van der Waals surface area contributed by atoms with Crippen LogP contribution in [0.5, 0.6) is 5.75 Å². The molecule has 4 rings (SSSR count). The first-order chi connectivity index (χ1) is 15.1. The molecule has 0 bridgehead atoms. The van der Waals surface area contributed by atoms with Crippen molar-refractivity contribution >= 4 is 35.3 Å². The zero-order chi connectivity index (χ0) is 21.8. The molecule has 3 aliphatic rings. The molecule has 1 aromatic carbocycles. The first-order valence-electron chi connectivity index (χ1n) is 10.5. The zero-order valence-electron chi connectivity index (χ0n) is 17.4. The smallest absolute Gasteiger partial charge is 0.494 e. The highest BCUT2D eigenvalue weighted by Gasteiger charge is 2.49. The topological polar surface area (TPSA) is 87.9 Å². The summed E-state index contributed by atoms with van der Waals surface area (Å²) in [7, 11) is 0. The largest absolute Gasteiger partial charge is 0.501 e. The molecule has 3 heterocycles. The fourth-order valence-electron chi connectivity index (χ4n) is 3.83. The lowest BCUT2D eigenvalue weighted by atomic mass is 10.1. The molecular weight excluding hydrogens is 418 g/mol. The minimum Gasteiger partial charge on any atom is -0.494 e. The van der Waals surface area contributed by atoms with Gasteiger partial charge in [0.25, 0.3) is 5.91 Å². The molecule has 0 aliphatic carbocycles. The van der Waals surface area contributed by atoms with Crippen molar-refractivity contribution in [1.82, 2.24) is 10.2 Å². The van der Waals surface area contributed by atoms with E-state index < -0.39 is 11.3 Å². The number of rotatable bonds is 8. The van der Waals surface area contributed by atoms with Crippen molar-refractivity contribution in [2.24, 2.45) is 0 Å². The minimum absolute atomic E-state index is 0.0288. The van der Waals surface area contributed by atoms with Crippen LogP contribution in [0.25, 0.3) is 0 Å². The van der Waals surface area contributed by atoms with E-state index in [2.05, 4.69) is 5.32 Å². The summed E-state index contributed by atoms with van der Waals surface area (Å²) in [6.45, 7) is 3.63. The van der Waals surface area contributed by atoms with Gasteiger partial charge in [-0.2, -0.15) is 14.3 Å². The standard InChI is InChI=1S/C22H25N3O5S/c1-2-29-16-7-5-15(6-8-16)13-25-21(27)20-18(9-11-31-20)24(22(25)28)14-19(26)23-12-17-4-3-10-30-17/h5-9,11,17,20H,2-4,10,12-14H2,1H3/p+1. The summed E-state index contributed by atoms with van der Waals surface area (Å²) in [5.41, 5.74) is 1.38. The number of ether oxygens (including phenoxy) is 2. The number of urea groups is 1. The number of allylic oxidation sites excluding steroid dienone is 1. The molecule has 0 radical (unpaired) electrons. The Morgan fingerprint density at radius 3 is 2.84 bits per heavy atom. The van der Waals surface area contributed by atoms with Gasteiger partial charge in [-0.1, -0.05) is 12.1 Å². The van der Waals surface area contributed by atoms with Gasteiger partial charge in [-0.25, -0.2) is 4.79 Å². The van der Waals surface area contributed by atoms with Gasteiger partial charge in [0.15, 0.2) is 11.8 Å². The first kappa shape index (κ1) is 21.6. The third-order valence-corrected chi connectivity index (χ3v) is 6.42. The maximum atomic E-state index is 13.2. The maximum absolute atomic E-state index is 13.2. The number of carbonyl (C=O) groups excluding carboxylic acids is 3. The van der Waals surface area contributed by atoms with Gasteiger partial charge < -0.3 is 14.8 Å². The molecule has 0 saturated carbocycles. The van der Waals surface area contributed by atoms with E-state index in [1.165, 1.54) is 21.2 Å². The molecule has 2 unspecified atom stereocenters. The molecule has 31 heavy (non-hydrogen) atoms. The lowest BCUT2D eigenvalue weighted by Gasteiger charge is -2.24. The molecule has 1 saturated heterocycles. The Morgan fingerprint density at radius 1 is 1.32 bits per heavy atom. The summed E-state index contributed by atoms with van der Waals surface area (Å²) in [5.74, 6) is 0.203. The van der Waals surface area contributed by atoms with Gasteiger partial charge in [0.05, 0.1) is 12.7 Å². The quantitative estimate of drug-likeness (QED) is 0.617. The number of thioether (sulfide) groups is 1. The van der Waals surface area contributed by atoms with Crippen LogP contribution < -0.4 is 10.1 Å². The van der Waals surface area contributed by atoms with Crippen LogP contribution in [0.4, 0.5) is 4.79 Å². The van der Waals surface area contributed by atoms with Crippen LogP contribution in [-0.4, -0.2) is 70.7 Å². The van der Waals surface area contributed by atoms with Crippen molar-refractivity contribution in [2.45, 2.75) is 37.7 Å². The average Bonchev–Trinajstić information content (AvgIpc) is 3.46. The Balaban J connectivity index is 1.47. The molecule has 164 valence electrons. The van der Waals surface area contributed by atoms with Gasteiger partial charge >= 0.3 is 11.9 Å². The van der Waals surface area contributed by atoms with Crippen LogP contribution >= 0.6 is 11.8 Å². The van der Waals surface area contributed by atoms with E-state index in [0.717, 1.165) is 30.8 Å². The fourth-order valence-corrected chi connectivity index (χ4v) is 4.79. The summed E-state index contributed by atoms with van der Waals surface area (Å²) >= 11 is 1.35. The third-order valence-electron chi connectivity index (χ3n) is 5.41. The molecule has 1 N–H and O–H groups in total. The van der Waals surface area contributed by atoms with Gasteiger partial charge in [-0.05, 0) is 48.9 Å². The van der Waals surface area contributed by atoms with Crippen molar-refractivity contribution in [2.75, 3.05) is 26.3 Å². The van der Waals surface area contributed by atoms with Gasteiger partial charge in [0.1, 0.15) is 18.0 Å². The second kappa shape index (κ2) is 9.65.